The summed E-state index contributed by atoms with van der Waals surface area (Å²) in [4.78, 5) is 29.3. The van der Waals surface area contributed by atoms with Gasteiger partial charge in [-0.1, -0.05) is 24.3 Å². The molecule has 2 aromatic carbocycles. The maximum atomic E-state index is 12.6. The zero-order valence-electron chi connectivity index (χ0n) is 16.9. The van der Waals surface area contributed by atoms with Crippen LogP contribution in [0, 0.1) is 0 Å². The molecule has 1 aliphatic heterocycles. The predicted octanol–water partition coefficient (Wildman–Crippen LogP) is 2.14. The molecule has 1 N–H and O–H groups in total. The van der Waals surface area contributed by atoms with E-state index in [1.807, 2.05) is 12.1 Å². The minimum Gasteiger partial charge on any atom is -0.493 e. The van der Waals surface area contributed by atoms with E-state index in [9.17, 15) is 9.59 Å². The van der Waals surface area contributed by atoms with Crippen LogP contribution in [0.2, 0.25) is 0 Å². The fourth-order valence-electron chi connectivity index (χ4n) is 3.15. The van der Waals surface area contributed by atoms with Crippen LogP contribution in [0.1, 0.15) is 10.4 Å². The molecule has 154 valence electrons. The number of ether oxygens (including phenoxy) is 2. The molecule has 0 spiro atoms. The number of benzene rings is 2. The van der Waals surface area contributed by atoms with Crippen LogP contribution in [-0.2, 0) is 4.79 Å². The summed E-state index contributed by atoms with van der Waals surface area (Å²) >= 11 is 0. The number of hydrogen-bond acceptors (Lipinski definition) is 6. The third-order valence-corrected chi connectivity index (χ3v) is 4.86. The average Bonchev–Trinajstić information content (AvgIpc) is 2.74. The summed E-state index contributed by atoms with van der Waals surface area (Å²) in [6.45, 7) is 3.95. The van der Waals surface area contributed by atoms with E-state index in [0.717, 1.165) is 26.2 Å². The molecule has 29 heavy (non-hydrogen) atoms. The van der Waals surface area contributed by atoms with E-state index in [0.29, 0.717) is 29.3 Å². The van der Waals surface area contributed by atoms with Crippen molar-refractivity contribution >= 4 is 17.4 Å². The quantitative estimate of drug-likeness (QED) is 0.689. The SMILES string of the molecule is COc1ccccc1OCC(=O)Nc1cccc(C(=O)CN2CCN(C)CC2)c1. The normalized spacial score (nSPS) is 15.0. The molecule has 0 aromatic heterocycles. The summed E-state index contributed by atoms with van der Waals surface area (Å²) in [6.07, 6.45) is 0. The lowest BCUT2D eigenvalue weighted by Crippen LogP contribution is -2.46. The Hall–Kier alpha value is -2.90. The molecule has 1 saturated heterocycles. The lowest BCUT2D eigenvalue weighted by molar-refractivity contribution is -0.118. The molecule has 0 saturated carbocycles. The van der Waals surface area contributed by atoms with Gasteiger partial charge in [0.1, 0.15) is 0 Å². The number of para-hydroxylation sites is 2. The molecule has 0 radical (unpaired) electrons. The van der Waals surface area contributed by atoms with Crippen molar-refractivity contribution in [2.45, 2.75) is 0 Å². The molecule has 0 atom stereocenters. The first kappa shape index (κ1) is 20.8. The Kier molecular flexibility index (Phi) is 7.21. The standard InChI is InChI=1S/C22H27N3O4/c1-24-10-12-25(13-11-24)15-19(26)17-6-5-7-18(14-17)23-22(27)16-29-21-9-4-3-8-20(21)28-2/h3-9,14H,10-13,15-16H2,1-2H3,(H,23,27). The predicted molar refractivity (Wildman–Crippen MR) is 112 cm³/mol. The number of ketones is 1. The topological polar surface area (TPSA) is 71.1 Å². The second kappa shape index (κ2) is 10.0. The number of carbonyl (C=O) groups excluding carboxylic acids is 2. The maximum Gasteiger partial charge on any atom is 0.262 e. The van der Waals surface area contributed by atoms with Gasteiger partial charge in [-0.05, 0) is 31.3 Å². The van der Waals surface area contributed by atoms with Crippen molar-refractivity contribution in [3.05, 3.63) is 54.1 Å². The first-order chi connectivity index (χ1) is 14.0. The molecule has 1 aliphatic rings. The van der Waals surface area contributed by atoms with Gasteiger partial charge in [0.25, 0.3) is 5.91 Å². The molecule has 7 heteroatoms. The highest BCUT2D eigenvalue weighted by Gasteiger charge is 2.18. The van der Waals surface area contributed by atoms with Crippen molar-refractivity contribution in [2.75, 3.05) is 58.8 Å². The molecule has 2 aromatic rings. The summed E-state index contributed by atoms with van der Waals surface area (Å²) in [7, 11) is 3.63. The van der Waals surface area contributed by atoms with Crippen LogP contribution in [0.25, 0.3) is 0 Å². The fraction of sp³-hybridized carbons (Fsp3) is 0.364. The van der Waals surface area contributed by atoms with Gasteiger partial charge >= 0.3 is 0 Å². The van der Waals surface area contributed by atoms with Gasteiger partial charge < -0.3 is 19.7 Å². The highest BCUT2D eigenvalue weighted by Crippen LogP contribution is 2.25. The first-order valence-electron chi connectivity index (χ1n) is 9.65. The summed E-state index contributed by atoms with van der Waals surface area (Å²) in [5, 5.41) is 2.78. The van der Waals surface area contributed by atoms with Crippen LogP contribution < -0.4 is 14.8 Å². The largest absolute Gasteiger partial charge is 0.493 e. The monoisotopic (exact) mass is 397 g/mol. The summed E-state index contributed by atoms with van der Waals surface area (Å²) < 4.78 is 10.7. The lowest BCUT2D eigenvalue weighted by Gasteiger charge is -2.31. The van der Waals surface area contributed by atoms with Crippen LogP contribution in [0.15, 0.2) is 48.5 Å². The zero-order valence-corrected chi connectivity index (χ0v) is 16.9. The van der Waals surface area contributed by atoms with Crippen molar-refractivity contribution in [1.82, 2.24) is 9.80 Å². The molecular formula is C22H27N3O4. The Bertz CT molecular complexity index is 847. The Morgan fingerprint density at radius 2 is 1.72 bits per heavy atom. The summed E-state index contributed by atoms with van der Waals surface area (Å²) in [5.41, 5.74) is 1.16. The van der Waals surface area contributed by atoms with Gasteiger partial charge in [-0.15, -0.1) is 0 Å². The van der Waals surface area contributed by atoms with Crippen LogP contribution >= 0.6 is 0 Å². The summed E-state index contributed by atoms with van der Waals surface area (Å²) in [6, 6.07) is 14.2. The molecule has 7 nitrogen and oxygen atoms in total. The van der Waals surface area contributed by atoms with Crippen molar-refractivity contribution in [2.24, 2.45) is 0 Å². The number of likely N-dealkylation sites (N-methyl/N-ethyl adjacent to an activating group) is 1. The third kappa shape index (κ3) is 6.04. The number of amides is 1. The number of rotatable bonds is 8. The Balaban J connectivity index is 1.53. The van der Waals surface area contributed by atoms with E-state index in [-0.39, 0.29) is 18.3 Å². The number of methoxy groups -OCH3 is 1. The van der Waals surface area contributed by atoms with Gasteiger partial charge in [0.15, 0.2) is 23.9 Å². The van der Waals surface area contributed by atoms with Crippen molar-refractivity contribution in [1.29, 1.82) is 0 Å². The van der Waals surface area contributed by atoms with Gasteiger partial charge in [-0.3, -0.25) is 14.5 Å². The fourth-order valence-corrected chi connectivity index (χ4v) is 3.15. The summed E-state index contributed by atoms with van der Waals surface area (Å²) in [5.74, 6) is 0.813. The van der Waals surface area contributed by atoms with E-state index >= 15 is 0 Å². The van der Waals surface area contributed by atoms with E-state index < -0.39 is 0 Å². The highest BCUT2D eigenvalue weighted by molar-refractivity contribution is 5.99. The van der Waals surface area contributed by atoms with Crippen molar-refractivity contribution in [3.63, 3.8) is 0 Å². The van der Waals surface area contributed by atoms with E-state index in [1.165, 1.54) is 0 Å². The smallest absolute Gasteiger partial charge is 0.262 e. The minimum absolute atomic E-state index is 0.0518. The molecule has 0 aliphatic carbocycles. The van der Waals surface area contributed by atoms with Crippen molar-refractivity contribution in [3.8, 4) is 11.5 Å². The molecule has 1 fully saturated rings. The second-order valence-electron chi connectivity index (χ2n) is 7.07. The molecule has 0 unspecified atom stereocenters. The molecule has 0 bridgehead atoms. The number of hydrogen-bond donors (Lipinski definition) is 1. The number of piperazine rings is 1. The Morgan fingerprint density at radius 1 is 1.00 bits per heavy atom. The van der Waals surface area contributed by atoms with Crippen LogP contribution in [-0.4, -0.2) is 75.0 Å². The highest BCUT2D eigenvalue weighted by atomic mass is 16.5. The number of nitrogens with zero attached hydrogens (tertiary/aromatic N) is 2. The number of anilines is 1. The Labute approximate surface area is 171 Å². The van der Waals surface area contributed by atoms with Crippen LogP contribution in [0.4, 0.5) is 5.69 Å². The second-order valence-corrected chi connectivity index (χ2v) is 7.07. The number of nitrogens with one attached hydrogen (secondary N) is 1. The van der Waals surface area contributed by atoms with E-state index in [4.69, 9.17) is 9.47 Å². The molecule has 3 rings (SSSR count). The van der Waals surface area contributed by atoms with Crippen molar-refractivity contribution < 1.29 is 19.1 Å². The first-order valence-corrected chi connectivity index (χ1v) is 9.65. The third-order valence-electron chi connectivity index (χ3n) is 4.86. The average molecular weight is 397 g/mol. The molecule has 1 heterocycles. The Morgan fingerprint density at radius 3 is 2.45 bits per heavy atom. The number of Topliss-reactive ketones (excluding diaryl/α,β-unsaturated/α-hetero) is 1. The number of carbonyl (C=O) groups is 2. The van der Waals surface area contributed by atoms with Gasteiger partial charge in [0.05, 0.1) is 13.7 Å². The molecular weight excluding hydrogens is 370 g/mol. The lowest BCUT2D eigenvalue weighted by atomic mass is 10.1. The van der Waals surface area contributed by atoms with Gasteiger partial charge in [0.2, 0.25) is 0 Å². The minimum atomic E-state index is -0.306. The van der Waals surface area contributed by atoms with Crippen LogP contribution in [0.5, 0.6) is 11.5 Å². The van der Waals surface area contributed by atoms with Gasteiger partial charge in [-0.2, -0.15) is 0 Å². The van der Waals surface area contributed by atoms with Crippen LogP contribution in [0.3, 0.4) is 0 Å². The van der Waals surface area contributed by atoms with E-state index in [1.54, 1.807) is 43.5 Å². The van der Waals surface area contributed by atoms with E-state index in [2.05, 4.69) is 22.2 Å². The van der Waals surface area contributed by atoms with Gasteiger partial charge in [-0.25, -0.2) is 0 Å². The van der Waals surface area contributed by atoms with Gasteiger partial charge in [0, 0.05) is 37.4 Å². The zero-order chi connectivity index (χ0) is 20.6. The maximum absolute atomic E-state index is 12.6. The molecule has 1 amide bonds.